The Hall–Kier alpha value is -2.89. The summed E-state index contributed by atoms with van der Waals surface area (Å²) in [6.07, 6.45) is 7.89. The lowest BCUT2D eigenvalue weighted by Gasteiger charge is -2.35. The molecule has 2 aliphatic rings. The smallest absolute Gasteiger partial charge is 0.261 e. The predicted molar refractivity (Wildman–Crippen MR) is 101 cm³/mol. The Morgan fingerprint density at radius 3 is 3.04 bits per heavy atom. The van der Waals surface area contributed by atoms with Crippen LogP contribution in [0.2, 0.25) is 0 Å². The summed E-state index contributed by atoms with van der Waals surface area (Å²) in [4.78, 5) is 30.5. The molecule has 1 atom stereocenters. The zero-order valence-electron chi connectivity index (χ0n) is 15.2. The van der Waals surface area contributed by atoms with E-state index < -0.39 is 0 Å². The maximum Gasteiger partial charge on any atom is 0.261 e. The highest BCUT2D eigenvalue weighted by Gasteiger charge is 2.28. The van der Waals surface area contributed by atoms with Crippen molar-refractivity contribution in [2.75, 3.05) is 18.5 Å². The summed E-state index contributed by atoms with van der Waals surface area (Å²) in [6, 6.07) is 9.60. The van der Waals surface area contributed by atoms with Crippen LogP contribution in [-0.4, -0.2) is 34.8 Å². The molecule has 27 heavy (non-hydrogen) atoms. The number of hydrogen-bond donors (Lipinski definition) is 1. The molecule has 1 aromatic heterocycles. The molecule has 0 bridgehead atoms. The van der Waals surface area contributed by atoms with Crippen LogP contribution in [0.15, 0.2) is 42.7 Å². The number of aryl methyl sites for hydroxylation is 1. The molecule has 2 amide bonds. The van der Waals surface area contributed by atoms with Crippen molar-refractivity contribution < 1.29 is 14.3 Å². The van der Waals surface area contributed by atoms with Crippen molar-refractivity contribution in [1.82, 2.24) is 9.88 Å². The van der Waals surface area contributed by atoms with Gasteiger partial charge in [-0.3, -0.25) is 14.6 Å². The molecule has 4 rings (SSSR count). The summed E-state index contributed by atoms with van der Waals surface area (Å²) in [5.41, 5.74) is 2.95. The number of nitrogens with zero attached hydrogens (tertiary/aromatic N) is 2. The summed E-state index contributed by atoms with van der Waals surface area (Å²) in [5, 5.41) is 2.86. The van der Waals surface area contributed by atoms with E-state index in [2.05, 4.69) is 10.3 Å². The van der Waals surface area contributed by atoms with Gasteiger partial charge in [-0.1, -0.05) is 12.1 Å². The number of likely N-dealkylation sites (tertiary alicyclic amines) is 1. The molecule has 1 aromatic carbocycles. The first kappa shape index (κ1) is 17.5. The van der Waals surface area contributed by atoms with E-state index in [1.165, 1.54) is 0 Å². The molecule has 3 heterocycles. The van der Waals surface area contributed by atoms with Gasteiger partial charge in [-0.05, 0) is 48.9 Å². The molecular weight excluding hydrogens is 342 g/mol. The molecule has 2 aliphatic heterocycles. The van der Waals surface area contributed by atoms with Crippen molar-refractivity contribution in [2.24, 2.45) is 0 Å². The van der Waals surface area contributed by atoms with Crippen LogP contribution in [0.25, 0.3) is 0 Å². The molecule has 6 nitrogen and oxygen atoms in total. The predicted octanol–water partition coefficient (Wildman–Crippen LogP) is 3.10. The lowest BCUT2D eigenvalue weighted by molar-refractivity contribution is -0.137. The maximum absolute atomic E-state index is 12.8. The topological polar surface area (TPSA) is 71.5 Å². The maximum atomic E-state index is 12.8. The third kappa shape index (κ3) is 3.94. The van der Waals surface area contributed by atoms with Gasteiger partial charge >= 0.3 is 0 Å². The van der Waals surface area contributed by atoms with E-state index in [9.17, 15) is 9.59 Å². The number of aromatic nitrogens is 1. The minimum absolute atomic E-state index is 0.0104. The molecule has 1 N–H and O–H groups in total. The van der Waals surface area contributed by atoms with Gasteiger partial charge in [0, 0.05) is 37.1 Å². The van der Waals surface area contributed by atoms with Gasteiger partial charge in [-0.2, -0.15) is 0 Å². The van der Waals surface area contributed by atoms with E-state index in [0.29, 0.717) is 12.2 Å². The van der Waals surface area contributed by atoms with Crippen molar-refractivity contribution in [3.63, 3.8) is 0 Å². The molecule has 0 spiro atoms. The summed E-state index contributed by atoms with van der Waals surface area (Å²) in [7, 11) is 0. The monoisotopic (exact) mass is 365 g/mol. The first-order valence-corrected chi connectivity index (χ1v) is 9.46. The van der Waals surface area contributed by atoms with E-state index in [0.717, 1.165) is 49.0 Å². The van der Waals surface area contributed by atoms with Crippen LogP contribution in [0.1, 0.15) is 42.9 Å². The second-order valence-corrected chi connectivity index (χ2v) is 7.04. The van der Waals surface area contributed by atoms with Crippen LogP contribution in [0, 0.1) is 0 Å². The number of carbonyl (C=O) groups excluding carboxylic acids is 2. The van der Waals surface area contributed by atoms with Gasteiger partial charge in [0.15, 0.2) is 6.61 Å². The summed E-state index contributed by atoms with van der Waals surface area (Å²) < 4.78 is 5.75. The number of carbonyl (C=O) groups is 2. The highest BCUT2D eigenvalue weighted by atomic mass is 16.5. The largest absolute Gasteiger partial charge is 0.484 e. The van der Waals surface area contributed by atoms with Crippen molar-refractivity contribution in [3.8, 4) is 5.75 Å². The number of rotatable bonds is 4. The molecule has 140 valence electrons. The normalized spacial score (nSPS) is 19.2. The number of amides is 2. The Kier molecular flexibility index (Phi) is 5.05. The highest BCUT2D eigenvalue weighted by Crippen LogP contribution is 2.31. The first-order valence-electron chi connectivity index (χ1n) is 9.46. The number of benzene rings is 1. The van der Waals surface area contributed by atoms with E-state index >= 15 is 0 Å². The van der Waals surface area contributed by atoms with Crippen LogP contribution in [0.5, 0.6) is 5.75 Å². The van der Waals surface area contributed by atoms with Gasteiger partial charge in [-0.15, -0.1) is 0 Å². The average molecular weight is 365 g/mol. The van der Waals surface area contributed by atoms with Gasteiger partial charge in [-0.25, -0.2) is 0 Å². The van der Waals surface area contributed by atoms with Gasteiger partial charge in [0.05, 0.1) is 6.04 Å². The van der Waals surface area contributed by atoms with E-state index in [1.807, 2.05) is 35.4 Å². The van der Waals surface area contributed by atoms with E-state index in [1.54, 1.807) is 12.3 Å². The average Bonchev–Trinajstić information content (AvgIpc) is 2.72. The van der Waals surface area contributed by atoms with Crippen molar-refractivity contribution in [2.45, 2.75) is 38.1 Å². The Morgan fingerprint density at radius 2 is 2.19 bits per heavy atom. The summed E-state index contributed by atoms with van der Waals surface area (Å²) in [5.74, 6) is 0.591. The Bertz CT molecular complexity index is 838. The van der Waals surface area contributed by atoms with Crippen molar-refractivity contribution >= 4 is 17.5 Å². The molecule has 1 fully saturated rings. The minimum Gasteiger partial charge on any atom is -0.484 e. The zero-order chi connectivity index (χ0) is 18.6. The number of pyridine rings is 1. The number of piperidine rings is 1. The lowest BCUT2D eigenvalue weighted by Crippen LogP contribution is -2.41. The first-order chi connectivity index (χ1) is 13.2. The molecule has 0 saturated carbocycles. The minimum atomic E-state index is -0.0229. The van der Waals surface area contributed by atoms with Crippen molar-refractivity contribution in [1.29, 1.82) is 0 Å². The molecule has 0 aliphatic carbocycles. The van der Waals surface area contributed by atoms with Gasteiger partial charge in [0.25, 0.3) is 5.91 Å². The molecule has 0 radical (unpaired) electrons. The number of hydrogen-bond acceptors (Lipinski definition) is 4. The SMILES string of the molecule is O=C1CCc2ccc(OCC(=O)N3CCCC[C@@H]3c3cccnc3)cc2N1. The Morgan fingerprint density at radius 1 is 1.26 bits per heavy atom. The van der Waals surface area contributed by atoms with Gasteiger partial charge in [0.2, 0.25) is 5.91 Å². The number of ether oxygens (including phenoxy) is 1. The lowest BCUT2D eigenvalue weighted by atomic mass is 9.96. The fraction of sp³-hybridized carbons (Fsp3) is 0.381. The van der Waals surface area contributed by atoms with Gasteiger partial charge < -0.3 is 15.0 Å². The zero-order valence-corrected chi connectivity index (χ0v) is 15.2. The van der Waals surface area contributed by atoms with Crippen molar-refractivity contribution in [3.05, 3.63) is 53.9 Å². The number of fused-ring (bicyclic) bond motifs is 1. The molecule has 6 heteroatoms. The fourth-order valence-electron chi connectivity index (χ4n) is 3.82. The summed E-state index contributed by atoms with van der Waals surface area (Å²) in [6.45, 7) is 0.728. The molecule has 0 unspecified atom stereocenters. The fourth-order valence-corrected chi connectivity index (χ4v) is 3.82. The molecule has 2 aromatic rings. The second kappa shape index (κ2) is 7.78. The molecule has 1 saturated heterocycles. The highest BCUT2D eigenvalue weighted by molar-refractivity contribution is 5.94. The quantitative estimate of drug-likeness (QED) is 0.904. The van der Waals surface area contributed by atoms with Crippen LogP contribution < -0.4 is 10.1 Å². The number of anilines is 1. The van der Waals surface area contributed by atoms with E-state index in [4.69, 9.17) is 4.74 Å². The Balaban J connectivity index is 1.42. The Labute approximate surface area is 158 Å². The standard InChI is InChI=1S/C21H23N3O3/c25-20-9-7-15-6-8-17(12-18(15)23-20)27-14-21(26)24-11-2-1-5-19(24)16-4-3-10-22-13-16/h3-4,6,8,10,12-13,19H,1-2,5,7,9,11,14H2,(H,23,25)/t19-/m1/s1. The van der Waals surface area contributed by atoms with Crippen LogP contribution in [-0.2, 0) is 16.0 Å². The number of nitrogens with one attached hydrogen (secondary N) is 1. The summed E-state index contributed by atoms with van der Waals surface area (Å²) >= 11 is 0. The van der Waals surface area contributed by atoms with Gasteiger partial charge in [0.1, 0.15) is 5.75 Å². The van der Waals surface area contributed by atoms with Crippen LogP contribution in [0.3, 0.4) is 0 Å². The van der Waals surface area contributed by atoms with E-state index in [-0.39, 0.29) is 24.5 Å². The third-order valence-corrected chi connectivity index (χ3v) is 5.23. The third-order valence-electron chi connectivity index (χ3n) is 5.23. The second-order valence-electron chi connectivity index (χ2n) is 7.04. The van der Waals surface area contributed by atoms with Crippen LogP contribution >= 0.6 is 0 Å². The molecular formula is C21H23N3O3. The van der Waals surface area contributed by atoms with Crippen LogP contribution in [0.4, 0.5) is 5.69 Å².